The Morgan fingerprint density at radius 3 is 2.18 bits per heavy atom. The quantitative estimate of drug-likeness (QED) is 0.171. The summed E-state index contributed by atoms with van der Waals surface area (Å²) in [6.45, 7) is 4.96. The number of hydrogen-bond donors (Lipinski definition) is 2. The summed E-state index contributed by atoms with van der Waals surface area (Å²) in [6, 6.07) is 31.3. The molecule has 0 radical (unpaired) electrons. The van der Waals surface area contributed by atoms with Gasteiger partial charge < -0.3 is 10.6 Å². The highest BCUT2D eigenvalue weighted by Crippen LogP contribution is 2.38. The standard InChI is InChI=1S/C35H39N5O2S.ClH/c1-35(2,39-34-37-31-18-10-9-17-30(31)33(38-34)36-28-14-5-4-6-15-28)27-22-20-25(21-23-27)24-40(3)43(41,42)32-19-11-13-26-12-7-8-16-29(26)32;/h4-19,25,27H,20-24H2,1-3H3,(H2,36,37,38,39);1H. The molecule has 0 spiro atoms. The van der Waals surface area contributed by atoms with E-state index in [-0.39, 0.29) is 17.9 Å². The van der Waals surface area contributed by atoms with Crippen LogP contribution in [0.25, 0.3) is 21.7 Å². The van der Waals surface area contributed by atoms with Gasteiger partial charge in [0.15, 0.2) is 0 Å². The number of nitrogens with one attached hydrogen (secondary N) is 2. The van der Waals surface area contributed by atoms with Crippen molar-refractivity contribution in [3.05, 3.63) is 97.1 Å². The number of anilines is 3. The molecule has 1 saturated carbocycles. The van der Waals surface area contributed by atoms with Gasteiger partial charge in [-0.1, -0.05) is 66.7 Å². The van der Waals surface area contributed by atoms with Crippen molar-refractivity contribution in [1.29, 1.82) is 0 Å². The lowest BCUT2D eigenvalue weighted by Crippen LogP contribution is -2.43. The molecule has 0 bridgehead atoms. The van der Waals surface area contributed by atoms with Gasteiger partial charge in [-0.2, -0.15) is 4.98 Å². The van der Waals surface area contributed by atoms with E-state index in [1.807, 2.05) is 91.0 Å². The third-order valence-electron chi connectivity index (χ3n) is 8.89. The fourth-order valence-corrected chi connectivity index (χ4v) is 7.85. The zero-order valence-electron chi connectivity index (χ0n) is 25.4. The summed E-state index contributed by atoms with van der Waals surface area (Å²) in [5.74, 6) is 2.10. The second-order valence-electron chi connectivity index (χ2n) is 12.2. The molecule has 230 valence electrons. The Bertz CT molecular complexity index is 1840. The fraction of sp³-hybridized carbons (Fsp3) is 0.314. The summed E-state index contributed by atoms with van der Waals surface area (Å²) >= 11 is 0. The molecule has 1 heterocycles. The normalized spacial score (nSPS) is 17.4. The van der Waals surface area contributed by atoms with E-state index in [2.05, 4.69) is 24.5 Å². The lowest BCUT2D eigenvalue weighted by atomic mass is 9.73. The van der Waals surface area contributed by atoms with Gasteiger partial charge in [-0.3, -0.25) is 0 Å². The summed E-state index contributed by atoms with van der Waals surface area (Å²) in [5, 5.41) is 9.80. The summed E-state index contributed by atoms with van der Waals surface area (Å²) in [6.07, 6.45) is 3.97. The van der Waals surface area contributed by atoms with Gasteiger partial charge in [0.25, 0.3) is 0 Å². The van der Waals surface area contributed by atoms with Crippen LogP contribution in [0.4, 0.5) is 17.5 Å². The van der Waals surface area contributed by atoms with Crippen molar-refractivity contribution in [3.8, 4) is 0 Å². The molecule has 1 aliphatic carbocycles. The van der Waals surface area contributed by atoms with Gasteiger partial charge in [0.05, 0.1) is 10.4 Å². The van der Waals surface area contributed by atoms with Crippen LogP contribution in [0, 0.1) is 11.8 Å². The number of fused-ring (bicyclic) bond motifs is 2. The highest BCUT2D eigenvalue weighted by atomic mass is 35.5. The third-order valence-corrected chi connectivity index (χ3v) is 10.8. The van der Waals surface area contributed by atoms with Gasteiger partial charge >= 0.3 is 0 Å². The van der Waals surface area contributed by atoms with Gasteiger partial charge in [0.2, 0.25) is 16.0 Å². The van der Waals surface area contributed by atoms with Crippen molar-refractivity contribution in [3.63, 3.8) is 0 Å². The molecule has 0 amide bonds. The van der Waals surface area contributed by atoms with Crippen molar-refractivity contribution >= 4 is 61.6 Å². The van der Waals surface area contributed by atoms with Gasteiger partial charge in [0.1, 0.15) is 5.82 Å². The first-order valence-corrected chi connectivity index (χ1v) is 16.5. The molecular formula is C35H40ClN5O2S. The smallest absolute Gasteiger partial charge is 0.243 e. The number of aromatic nitrogens is 2. The van der Waals surface area contributed by atoms with Crippen LogP contribution in [-0.2, 0) is 10.0 Å². The number of para-hydroxylation sites is 2. The lowest BCUT2D eigenvalue weighted by Gasteiger charge is -2.40. The first kappa shape index (κ1) is 31.7. The van der Waals surface area contributed by atoms with Crippen molar-refractivity contribution in [1.82, 2.24) is 14.3 Å². The minimum atomic E-state index is -3.59. The molecule has 7 nitrogen and oxygen atoms in total. The van der Waals surface area contributed by atoms with E-state index in [1.54, 1.807) is 17.4 Å². The maximum atomic E-state index is 13.6. The number of sulfonamides is 1. The fourth-order valence-electron chi connectivity index (χ4n) is 6.39. The van der Waals surface area contributed by atoms with Crippen molar-refractivity contribution in [2.75, 3.05) is 24.2 Å². The molecule has 2 N–H and O–H groups in total. The van der Waals surface area contributed by atoms with Crippen LogP contribution >= 0.6 is 12.4 Å². The zero-order valence-corrected chi connectivity index (χ0v) is 27.0. The highest BCUT2D eigenvalue weighted by Gasteiger charge is 2.35. The molecule has 1 aliphatic rings. The molecule has 0 aliphatic heterocycles. The monoisotopic (exact) mass is 629 g/mol. The first-order chi connectivity index (χ1) is 20.7. The van der Waals surface area contributed by atoms with Gasteiger partial charge in [-0.25, -0.2) is 17.7 Å². The molecule has 4 aromatic carbocycles. The minimum absolute atomic E-state index is 0. The third kappa shape index (κ3) is 6.67. The largest absolute Gasteiger partial charge is 0.349 e. The summed E-state index contributed by atoms with van der Waals surface area (Å²) in [4.78, 5) is 10.1. The van der Waals surface area contributed by atoms with Crippen LogP contribution in [-0.4, -0.2) is 41.8 Å². The maximum absolute atomic E-state index is 13.6. The summed E-state index contributed by atoms with van der Waals surface area (Å²) in [7, 11) is -1.88. The molecule has 6 rings (SSSR count). The van der Waals surface area contributed by atoms with Crippen LogP contribution in [0.5, 0.6) is 0 Å². The molecule has 44 heavy (non-hydrogen) atoms. The number of hydrogen-bond acceptors (Lipinski definition) is 6. The van der Waals surface area contributed by atoms with Crippen LogP contribution in [0.1, 0.15) is 39.5 Å². The molecule has 0 unspecified atom stereocenters. The van der Waals surface area contributed by atoms with E-state index in [0.29, 0.717) is 29.2 Å². The average Bonchev–Trinajstić information content (AvgIpc) is 3.01. The maximum Gasteiger partial charge on any atom is 0.243 e. The zero-order chi connectivity index (χ0) is 30.0. The van der Waals surface area contributed by atoms with Gasteiger partial charge in [-0.15, -0.1) is 12.4 Å². The van der Waals surface area contributed by atoms with Crippen LogP contribution in [0.15, 0.2) is 102 Å². The van der Waals surface area contributed by atoms with Crippen LogP contribution in [0.2, 0.25) is 0 Å². The Balaban J connectivity index is 0.00000384. The Morgan fingerprint density at radius 2 is 1.43 bits per heavy atom. The van der Waals surface area contributed by atoms with Crippen molar-refractivity contribution in [2.45, 2.75) is 50.0 Å². The summed E-state index contributed by atoms with van der Waals surface area (Å²) in [5.41, 5.74) is 1.62. The van der Waals surface area contributed by atoms with E-state index in [9.17, 15) is 8.42 Å². The Morgan fingerprint density at radius 1 is 0.795 bits per heavy atom. The van der Waals surface area contributed by atoms with Gasteiger partial charge in [-0.05, 0) is 87.1 Å². The predicted octanol–water partition coefficient (Wildman–Crippen LogP) is 8.27. The summed E-state index contributed by atoms with van der Waals surface area (Å²) < 4.78 is 28.7. The van der Waals surface area contributed by atoms with Crippen molar-refractivity contribution < 1.29 is 8.42 Å². The number of rotatable bonds is 9. The van der Waals surface area contributed by atoms with Crippen molar-refractivity contribution in [2.24, 2.45) is 11.8 Å². The SMILES string of the molecule is CN(CC1CCC(C(C)(C)Nc2nc(Nc3ccccc3)c3ccccc3n2)CC1)S(=O)(=O)c1cccc2ccccc12.Cl. The Hall–Kier alpha value is -3.72. The molecule has 0 saturated heterocycles. The molecule has 0 atom stereocenters. The topological polar surface area (TPSA) is 87.2 Å². The second kappa shape index (κ2) is 13.1. The Labute approximate surface area is 266 Å². The van der Waals surface area contributed by atoms with Crippen LogP contribution in [0.3, 0.4) is 0 Å². The van der Waals surface area contributed by atoms with E-state index < -0.39 is 10.0 Å². The minimum Gasteiger partial charge on any atom is -0.349 e. The molecule has 1 fully saturated rings. The van der Waals surface area contributed by atoms with E-state index in [0.717, 1.165) is 58.9 Å². The van der Waals surface area contributed by atoms with Gasteiger partial charge in [0, 0.05) is 35.6 Å². The Kier molecular flexibility index (Phi) is 9.44. The molecule has 9 heteroatoms. The average molecular weight is 630 g/mol. The highest BCUT2D eigenvalue weighted by molar-refractivity contribution is 7.89. The lowest BCUT2D eigenvalue weighted by molar-refractivity contribution is 0.195. The number of halogens is 1. The molecule has 1 aromatic heterocycles. The van der Waals surface area contributed by atoms with E-state index in [1.165, 1.54) is 0 Å². The second-order valence-corrected chi connectivity index (χ2v) is 14.2. The van der Waals surface area contributed by atoms with Crippen LogP contribution < -0.4 is 10.6 Å². The van der Waals surface area contributed by atoms with E-state index >= 15 is 0 Å². The number of nitrogens with zero attached hydrogens (tertiary/aromatic N) is 3. The molecule has 5 aromatic rings. The predicted molar refractivity (Wildman–Crippen MR) is 183 cm³/mol. The molecular weight excluding hydrogens is 590 g/mol. The number of benzene rings is 4. The first-order valence-electron chi connectivity index (χ1n) is 15.0. The van der Waals surface area contributed by atoms with E-state index in [4.69, 9.17) is 9.97 Å².